The van der Waals surface area contributed by atoms with E-state index in [4.69, 9.17) is 4.52 Å². The molecule has 1 aromatic heterocycles. The Morgan fingerprint density at radius 3 is 2.76 bits per heavy atom. The summed E-state index contributed by atoms with van der Waals surface area (Å²) in [5.41, 5.74) is 2.11. The first-order valence-electron chi connectivity index (χ1n) is 6.49. The number of nitrogens with zero attached hydrogens (tertiary/aromatic N) is 1. The lowest BCUT2D eigenvalue weighted by Gasteiger charge is -2.27. The van der Waals surface area contributed by atoms with Crippen molar-refractivity contribution in [3.05, 3.63) is 17.0 Å². The molecular weight excluding hydrogens is 216 g/mol. The summed E-state index contributed by atoms with van der Waals surface area (Å²) < 4.78 is 5.12. The van der Waals surface area contributed by atoms with E-state index in [-0.39, 0.29) is 6.10 Å². The maximum atomic E-state index is 9.86. The summed E-state index contributed by atoms with van der Waals surface area (Å²) in [4.78, 5) is 0. The molecule has 0 amide bonds. The Labute approximate surface area is 102 Å². The van der Waals surface area contributed by atoms with Crippen molar-refractivity contribution in [2.24, 2.45) is 5.92 Å². The van der Waals surface area contributed by atoms with Gasteiger partial charge in [0.05, 0.1) is 11.8 Å². The summed E-state index contributed by atoms with van der Waals surface area (Å²) in [6.07, 6.45) is 4.38. The average Bonchev–Trinajstić information content (AvgIpc) is 2.63. The second kappa shape index (κ2) is 5.65. The SMILES string of the molecule is Cc1noc(C)c1CNCC1CCCCC1O. The Balaban J connectivity index is 1.79. The number of aliphatic hydroxyl groups excluding tert-OH is 1. The third-order valence-corrected chi connectivity index (χ3v) is 3.76. The van der Waals surface area contributed by atoms with Gasteiger partial charge in [0.25, 0.3) is 0 Å². The van der Waals surface area contributed by atoms with E-state index in [1.54, 1.807) is 0 Å². The summed E-state index contributed by atoms with van der Waals surface area (Å²) in [7, 11) is 0. The molecule has 1 heterocycles. The second-order valence-corrected chi connectivity index (χ2v) is 5.05. The van der Waals surface area contributed by atoms with Gasteiger partial charge in [0.15, 0.2) is 0 Å². The lowest BCUT2D eigenvalue weighted by atomic mass is 9.86. The van der Waals surface area contributed by atoms with Crippen molar-refractivity contribution in [3.8, 4) is 0 Å². The van der Waals surface area contributed by atoms with E-state index in [0.717, 1.165) is 42.9 Å². The van der Waals surface area contributed by atoms with E-state index >= 15 is 0 Å². The first-order valence-corrected chi connectivity index (χ1v) is 6.49. The Bertz CT molecular complexity index is 343. The highest BCUT2D eigenvalue weighted by Crippen LogP contribution is 2.23. The van der Waals surface area contributed by atoms with Gasteiger partial charge in [-0.2, -0.15) is 0 Å². The zero-order valence-electron chi connectivity index (χ0n) is 10.7. The predicted octanol–water partition coefficient (Wildman–Crippen LogP) is 1.93. The van der Waals surface area contributed by atoms with Crippen molar-refractivity contribution in [3.63, 3.8) is 0 Å². The highest BCUT2D eigenvalue weighted by molar-refractivity contribution is 5.20. The lowest BCUT2D eigenvalue weighted by molar-refractivity contribution is 0.0695. The fourth-order valence-corrected chi connectivity index (χ4v) is 2.56. The third kappa shape index (κ3) is 3.07. The van der Waals surface area contributed by atoms with Gasteiger partial charge >= 0.3 is 0 Å². The van der Waals surface area contributed by atoms with Crippen LogP contribution in [0.1, 0.15) is 42.7 Å². The summed E-state index contributed by atoms with van der Waals surface area (Å²) in [5.74, 6) is 1.29. The van der Waals surface area contributed by atoms with Gasteiger partial charge in [-0.3, -0.25) is 0 Å². The molecule has 2 unspecified atom stereocenters. The van der Waals surface area contributed by atoms with E-state index < -0.39 is 0 Å². The van der Waals surface area contributed by atoms with Gasteiger partial charge < -0.3 is 14.9 Å². The fraction of sp³-hybridized carbons (Fsp3) is 0.769. The molecule has 4 nitrogen and oxygen atoms in total. The van der Waals surface area contributed by atoms with Gasteiger partial charge in [-0.05, 0) is 32.6 Å². The summed E-state index contributed by atoms with van der Waals surface area (Å²) in [6, 6.07) is 0. The van der Waals surface area contributed by atoms with Crippen LogP contribution in [0.2, 0.25) is 0 Å². The van der Waals surface area contributed by atoms with Gasteiger partial charge in [0.2, 0.25) is 0 Å². The Morgan fingerprint density at radius 1 is 1.35 bits per heavy atom. The Hall–Kier alpha value is -0.870. The van der Waals surface area contributed by atoms with Crippen molar-refractivity contribution in [2.75, 3.05) is 6.54 Å². The molecule has 2 atom stereocenters. The first-order chi connectivity index (χ1) is 8.18. The van der Waals surface area contributed by atoms with Crippen LogP contribution in [-0.2, 0) is 6.54 Å². The van der Waals surface area contributed by atoms with Crippen LogP contribution in [0.3, 0.4) is 0 Å². The summed E-state index contributed by atoms with van der Waals surface area (Å²) in [6.45, 7) is 5.56. The highest BCUT2D eigenvalue weighted by atomic mass is 16.5. The van der Waals surface area contributed by atoms with Crippen LogP contribution in [0.5, 0.6) is 0 Å². The topological polar surface area (TPSA) is 58.3 Å². The molecule has 17 heavy (non-hydrogen) atoms. The fourth-order valence-electron chi connectivity index (χ4n) is 2.56. The number of aliphatic hydroxyl groups is 1. The number of aryl methyl sites for hydroxylation is 2. The van der Waals surface area contributed by atoms with Crippen LogP contribution < -0.4 is 5.32 Å². The van der Waals surface area contributed by atoms with Crippen LogP contribution in [0, 0.1) is 19.8 Å². The normalized spacial score (nSPS) is 25.1. The number of hydrogen-bond acceptors (Lipinski definition) is 4. The van der Waals surface area contributed by atoms with Crippen molar-refractivity contribution in [2.45, 2.75) is 52.2 Å². The second-order valence-electron chi connectivity index (χ2n) is 5.05. The van der Waals surface area contributed by atoms with E-state index in [9.17, 15) is 5.11 Å². The largest absolute Gasteiger partial charge is 0.393 e. The molecule has 0 saturated heterocycles. The zero-order valence-corrected chi connectivity index (χ0v) is 10.7. The first kappa shape index (κ1) is 12.6. The maximum Gasteiger partial charge on any atom is 0.138 e. The molecule has 0 bridgehead atoms. The quantitative estimate of drug-likeness (QED) is 0.841. The summed E-state index contributed by atoms with van der Waals surface area (Å²) >= 11 is 0. The van der Waals surface area contributed by atoms with Gasteiger partial charge in [0.1, 0.15) is 5.76 Å². The van der Waals surface area contributed by atoms with Crippen LogP contribution in [0.4, 0.5) is 0 Å². The minimum absolute atomic E-state index is 0.124. The molecule has 1 aromatic rings. The van der Waals surface area contributed by atoms with Crippen LogP contribution >= 0.6 is 0 Å². The van der Waals surface area contributed by atoms with Crippen molar-refractivity contribution >= 4 is 0 Å². The van der Waals surface area contributed by atoms with E-state index in [1.165, 1.54) is 12.8 Å². The van der Waals surface area contributed by atoms with Crippen LogP contribution in [0.25, 0.3) is 0 Å². The molecule has 2 N–H and O–H groups in total. The highest BCUT2D eigenvalue weighted by Gasteiger charge is 2.22. The van der Waals surface area contributed by atoms with E-state index in [1.807, 2.05) is 13.8 Å². The molecule has 1 aliphatic carbocycles. The van der Waals surface area contributed by atoms with E-state index in [0.29, 0.717) is 5.92 Å². The maximum absolute atomic E-state index is 9.86. The monoisotopic (exact) mass is 238 g/mol. The molecule has 96 valence electrons. The minimum Gasteiger partial charge on any atom is -0.393 e. The standard InChI is InChI=1S/C13H22N2O2/c1-9-12(10(2)17-15-9)8-14-7-11-5-3-4-6-13(11)16/h11,13-14,16H,3-8H2,1-2H3. The molecule has 1 saturated carbocycles. The molecule has 2 rings (SSSR count). The average molecular weight is 238 g/mol. The molecule has 1 aliphatic rings. The minimum atomic E-state index is -0.124. The Kier molecular flexibility index (Phi) is 4.18. The number of nitrogens with one attached hydrogen (secondary N) is 1. The molecule has 0 aliphatic heterocycles. The number of rotatable bonds is 4. The van der Waals surface area contributed by atoms with Crippen molar-refractivity contribution in [1.82, 2.24) is 10.5 Å². The van der Waals surface area contributed by atoms with Gasteiger partial charge in [-0.1, -0.05) is 18.0 Å². The number of hydrogen-bond donors (Lipinski definition) is 2. The predicted molar refractivity (Wildman–Crippen MR) is 65.6 cm³/mol. The molecule has 0 radical (unpaired) electrons. The molecule has 4 heteroatoms. The van der Waals surface area contributed by atoms with Gasteiger partial charge in [-0.25, -0.2) is 0 Å². The summed E-state index contributed by atoms with van der Waals surface area (Å²) in [5, 5.41) is 17.2. The zero-order chi connectivity index (χ0) is 12.3. The third-order valence-electron chi connectivity index (χ3n) is 3.76. The van der Waals surface area contributed by atoms with E-state index in [2.05, 4.69) is 10.5 Å². The van der Waals surface area contributed by atoms with Gasteiger partial charge in [0, 0.05) is 18.7 Å². The number of aromatic nitrogens is 1. The van der Waals surface area contributed by atoms with Gasteiger partial charge in [-0.15, -0.1) is 0 Å². The smallest absolute Gasteiger partial charge is 0.138 e. The van der Waals surface area contributed by atoms with Crippen LogP contribution in [-0.4, -0.2) is 22.9 Å². The Morgan fingerprint density at radius 2 is 2.12 bits per heavy atom. The van der Waals surface area contributed by atoms with Crippen molar-refractivity contribution in [1.29, 1.82) is 0 Å². The molecule has 0 aromatic carbocycles. The lowest BCUT2D eigenvalue weighted by Crippen LogP contribution is -2.33. The molecular formula is C13H22N2O2. The van der Waals surface area contributed by atoms with Crippen LogP contribution in [0.15, 0.2) is 4.52 Å². The van der Waals surface area contributed by atoms with Crippen molar-refractivity contribution < 1.29 is 9.63 Å². The molecule has 0 spiro atoms. The molecule has 1 fully saturated rings.